The number of nitrogens with zero attached hydrogens (tertiary/aromatic N) is 4. The SMILES string of the molecule is N#Cc1cccc(N2CCN(C3CCOCC3)CC(O)C2)n1. The van der Waals surface area contributed by atoms with Gasteiger partial charge in [-0.15, -0.1) is 0 Å². The molecule has 1 aromatic rings. The van der Waals surface area contributed by atoms with Crippen molar-refractivity contribution in [3.63, 3.8) is 0 Å². The van der Waals surface area contributed by atoms with Crippen LogP contribution in [0.5, 0.6) is 0 Å². The number of β-amino-alcohol motifs (C(OH)–C–C–N with tert-alkyl or cyclic N) is 1. The van der Waals surface area contributed by atoms with Crippen LogP contribution < -0.4 is 4.90 Å². The minimum atomic E-state index is -0.405. The molecular formula is C16H22N4O2. The van der Waals surface area contributed by atoms with E-state index in [0.717, 1.165) is 45.0 Å². The van der Waals surface area contributed by atoms with E-state index in [4.69, 9.17) is 10.00 Å². The molecule has 0 saturated carbocycles. The predicted molar refractivity (Wildman–Crippen MR) is 82.6 cm³/mol. The molecule has 2 aliphatic heterocycles. The van der Waals surface area contributed by atoms with Gasteiger partial charge in [0.25, 0.3) is 0 Å². The Bertz CT molecular complexity index is 539. The van der Waals surface area contributed by atoms with Gasteiger partial charge in [0.05, 0.1) is 6.10 Å². The molecule has 1 unspecified atom stereocenters. The van der Waals surface area contributed by atoms with Gasteiger partial charge >= 0.3 is 0 Å². The van der Waals surface area contributed by atoms with Crippen LogP contribution in [0.25, 0.3) is 0 Å². The molecule has 0 aromatic carbocycles. The lowest BCUT2D eigenvalue weighted by Gasteiger charge is -2.33. The largest absolute Gasteiger partial charge is 0.390 e. The van der Waals surface area contributed by atoms with Gasteiger partial charge in [-0.25, -0.2) is 4.98 Å². The fourth-order valence-corrected chi connectivity index (χ4v) is 3.27. The minimum absolute atomic E-state index is 0.405. The summed E-state index contributed by atoms with van der Waals surface area (Å²) < 4.78 is 5.42. The zero-order chi connectivity index (χ0) is 15.4. The third kappa shape index (κ3) is 3.55. The fraction of sp³-hybridized carbons (Fsp3) is 0.625. The number of aliphatic hydroxyl groups is 1. The van der Waals surface area contributed by atoms with Gasteiger partial charge in [0.15, 0.2) is 0 Å². The number of aliphatic hydroxyl groups excluding tert-OH is 1. The number of anilines is 1. The third-order valence-corrected chi connectivity index (χ3v) is 4.41. The molecule has 22 heavy (non-hydrogen) atoms. The van der Waals surface area contributed by atoms with E-state index in [9.17, 15) is 5.11 Å². The van der Waals surface area contributed by atoms with Gasteiger partial charge in [-0.2, -0.15) is 5.26 Å². The predicted octanol–water partition coefficient (Wildman–Crippen LogP) is 0.615. The zero-order valence-electron chi connectivity index (χ0n) is 12.7. The minimum Gasteiger partial charge on any atom is -0.390 e. The Morgan fingerprint density at radius 3 is 2.82 bits per heavy atom. The molecule has 1 aromatic heterocycles. The first-order valence-corrected chi connectivity index (χ1v) is 7.88. The van der Waals surface area contributed by atoms with Gasteiger partial charge in [-0.1, -0.05) is 6.07 Å². The first-order chi connectivity index (χ1) is 10.8. The third-order valence-electron chi connectivity index (χ3n) is 4.41. The molecule has 1 atom stereocenters. The lowest BCUT2D eigenvalue weighted by molar-refractivity contribution is 0.0219. The highest BCUT2D eigenvalue weighted by molar-refractivity contribution is 5.42. The standard InChI is InChI=1S/C16H22N4O2/c17-10-13-2-1-3-16(18-13)20-7-6-19(11-15(21)12-20)14-4-8-22-9-5-14/h1-3,14-15,21H,4-9,11-12H2. The first kappa shape index (κ1) is 15.2. The van der Waals surface area contributed by atoms with Gasteiger partial charge in [0.1, 0.15) is 17.6 Å². The molecule has 3 rings (SSSR count). The van der Waals surface area contributed by atoms with Crippen molar-refractivity contribution in [1.29, 1.82) is 5.26 Å². The molecule has 0 spiro atoms. The van der Waals surface area contributed by atoms with Crippen molar-refractivity contribution in [2.75, 3.05) is 44.3 Å². The molecule has 0 aliphatic carbocycles. The Balaban J connectivity index is 1.69. The van der Waals surface area contributed by atoms with Crippen LogP contribution in [0.15, 0.2) is 18.2 Å². The number of ether oxygens (including phenoxy) is 1. The van der Waals surface area contributed by atoms with Crippen LogP contribution >= 0.6 is 0 Å². The van der Waals surface area contributed by atoms with E-state index in [-0.39, 0.29) is 0 Å². The summed E-state index contributed by atoms with van der Waals surface area (Å²) in [6.45, 7) is 4.59. The molecule has 2 saturated heterocycles. The molecule has 1 N–H and O–H groups in total. The van der Waals surface area contributed by atoms with Crippen LogP contribution in [0.3, 0.4) is 0 Å². The molecule has 0 radical (unpaired) electrons. The van der Waals surface area contributed by atoms with Crippen molar-refractivity contribution < 1.29 is 9.84 Å². The number of hydrogen-bond acceptors (Lipinski definition) is 6. The molecule has 3 heterocycles. The van der Waals surface area contributed by atoms with Crippen LogP contribution in [-0.4, -0.2) is 66.5 Å². The maximum atomic E-state index is 10.3. The average molecular weight is 302 g/mol. The second-order valence-electron chi connectivity index (χ2n) is 5.93. The van der Waals surface area contributed by atoms with Crippen LogP contribution in [0, 0.1) is 11.3 Å². The van der Waals surface area contributed by atoms with E-state index in [2.05, 4.69) is 20.9 Å². The monoisotopic (exact) mass is 302 g/mol. The number of hydrogen-bond donors (Lipinski definition) is 1. The number of nitriles is 1. The average Bonchev–Trinajstić information content (AvgIpc) is 2.77. The Morgan fingerprint density at radius 1 is 1.23 bits per heavy atom. The van der Waals surface area contributed by atoms with E-state index in [1.165, 1.54) is 0 Å². The van der Waals surface area contributed by atoms with Gasteiger partial charge in [-0.05, 0) is 25.0 Å². The molecular weight excluding hydrogens is 280 g/mol. The van der Waals surface area contributed by atoms with Crippen LogP contribution in [-0.2, 0) is 4.74 Å². The van der Waals surface area contributed by atoms with Crippen LogP contribution in [0.1, 0.15) is 18.5 Å². The van der Waals surface area contributed by atoms with E-state index in [1.807, 2.05) is 12.1 Å². The molecule has 6 heteroatoms. The second-order valence-corrected chi connectivity index (χ2v) is 5.93. The van der Waals surface area contributed by atoms with Crippen molar-refractivity contribution in [3.05, 3.63) is 23.9 Å². The Hall–Kier alpha value is -1.68. The maximum Gasteiger partial charge on any atom is 0.142 e. The van der Waals surface area contributed by atoms with Gasteiger partial charge in [0, 0.05) is 45.4 Å². The quantitative estimate of drug-likeness (QED) is 0.863. The summed E-state index contributed by atoms with van der Waals surface area (Å²) >= 11 is 0. The summed E-state index contributed by atoms with van der Waals surface area (Å²) in [6.07, 6.45) is 1.67. The highest BCUT2D eigenvalue weighted by Crippen LogP contribution is 2.19. The highest BCUT2D eigenvalue weighted by atomic mass is 16.5. The summed E-state index contributed by atoms with van der Waals surface area (Å²) in [5, 5.41) is 19.3. The molecule has 0 bridgehead atoms. The van der Waals surface area contributed by atoms with Crippen molar-refractivity contribution in [1.82, 2.24) is 9.88 Å². The van der Waals surface area contributed by atoms with E-state index in [0.29, 0.717) is 24.8 Å². The van der Waals surface area contributed by atoms with E-state index >= 15 is 0 Å². The summed E-state index contributed by atoms with van der Waals surface area (Å²) in [6, 6.07) is 8.01. The van der Waals surface area contributed by atoms with Gasteiger partial charge in [0.2, 0.25) is 0 Å². The van der Waals surface area contributed by atoms with Gasteiger partial charge < -0.3 is 14.7 Å². The number of aromatic nitrogens is 1. The number of rotatable bonds is 2. The van der Waals surface area contributed by atoms with E-state index < -0.39 is 6.10 Å². The summed E-state index contributed by atoms with van der Waals surface area (Å²) in [4.78, 5) is 8.79. The van der Waals surface area contributed by atoms with Crippen LogP contribution in [0.2, 0.25) is 0 Å². The van der Waals surface area contributed by atoms with Crippen molar-refractivity contribution in [2.24, 2.45) is 0 Å². The van der Waals surface area contributed by atoms with Crippen molar-refractivity contribution >= 4 is 5.82 Å². The molecule has 6 nitrogen and oxygen atoms in total. The summed E-state index contributed by atoms with van der Waals surface area (Å²) in [5.41, 5.74) is 0.414. The molecule has 2 aliphatic rings. The fourth-order valence-electron chi connectivity index (χ4n) is 3.27. The Morgan fingerprint density at radius 2 is 2.05 bits per heavy atom. The number of pyridine rings is 1. The summed E-state index contributed by atoms with van der Waals surface area (Å²) in [5.74, 6) is 0.770. The normalized spacial score (nSPS) is 24.7. The summed E-state index contributed by atoms with van der Waals surface area (Å²) in [7, 11) is 0. The topological polar surface area (TPSA) is 72.6 Å². The smallest absolute Gasteiger partial charge is 0.142 e. The Labute approximate surface area is 130 Å². The molecule has 0 amide bonds. The second kappa shape index (κ2) is 7.05. The van der Waals surface area contributed by atoms with Crippen LogP contribution in [0.4, 0.5) is 5.82 Å². The highest BCUT2D eigenvalue weighted by Gasteiger charge is 2.28. The zero-order valence-corrected chi connectivity index (χ0v) is 12.7. The first-order valence-electron chi connectivity index (χ1n) is 7.88. The lowest BCUT2D eigenvalue weighted by Crippen LogP contribution is -2.43. The molecule has 118 valence electrons. The lowest BCUT2D eigenvalue weighted by atomic mass is 10.1. The van der Waals surface area contributed by atoms with Crippen molar-refractivity contribution in [2.45, 2.75) is 25.0 Å². The maximum absolute atomic E-state index is 10.3. The Kier molecular flexibility index (Phi) is 4.88. The van der Waals surface area contributed by atoms with Gasteiger partial charge in [-0.3, -0.25) is 4.90 Å². The van der Waals surface area contributed by atoms with Crippen molar-refractivity contribution in [3.8, 4) is 6.07 Å². The molecule has 2 fully saturated rings. The van der Waals surface area contributed by atoms with E-state index in [1.54, 1.807) is 6.07 Å².